The second-order valence-corrected chi connectivity index (χ2v) is 9.24. The Morgan fingerprint density at radius 2 is 1.85 bits per heavy atom. The molecule has 8 heteroatoms. The van der Waals surface area contributed by atoms with Gasteiger partial charge in [0.2, 0.25) is 0 Å². The molecule has 0 radical (unpaired) electrons. The minimum absolute atomic E-state index is 0.0237. The van der Waals surface area contributed by atoms with Crippen LogP contribution in [0.15, 0.2) is 36.9 Å². The van der Waals surface area contributed by atoms with Crippen LogP contribution < -0.4 is 5.32 Å². The van der Waals surface area contributed by atoms with Gasteiger partial charge in [0.15, 0.2) is 5.65 Å². The Labute approximate surface area is 192 Å². The normalized spacial score (nSPS) is 17.6. The number of imidazole rings is 1. The highest BCUT2D eigenvalue weighted by molar-refractivity contribution is 6.01. The van der Waals surface area contributed by atoms with Gasteiger partial charge in [0.05, 0.1) is 11.1 Å². The van der Waals surface area contributed by atoms with Crippen LogP contribution >= 0.6 is 0 Å². The average molecular weight is 442 g/mol. The van der Waals surface area contributed by atoms with E-state index in [0.717, 1.165) is 51.4 Å². The van der Waals surface area contributed by atoms with E-state index in [-0.39, 0.29) is 5.91 Å². The second-order valence-electron chi connectivity index (χ2n) is 9.24. The number of nitrogens with one attached hydrogen (secondary N) is 1. The Morgan fingerprint density at radius 1 is 1.09 bits per heavy atom. The monoisotopic (exact) mass is 441 g/mol. The van der Waals surface area contributed by atoms with Crippen molar-refractivity contribution in [2.45, 2.75) is 53.1 Å². The number of carbonyl (C=O) groups excluding carboxylic acids is 1. The van der Waals surface area contributed by atoms with E-state index in [1.807, 2.05) is 19.1 Å². The third kappa shape index (κ3) is 3.46. The summed E-state index contributed by atoms with van der Waals surface area (Å²) in [6.07, 6.45) is 6.00. The molecule has 168 valence electrons. The molecule has 5 rings (SSSR count). The number of hydrogen-bond donors (Lipinski definition) is 1. The summed E-state index contributed by atoms with van der Waals surface area (Å²) in [4.78, 5) is 35.4. The van der Waals surface area contributed by atoms with Crippen molar-refractivity contribution in [3.05, 3.63) is 53.9 Å². The van der Waals surface area contributed by atoms with Crippen LogP contribution in [0, 0.1) is 12.8 Å². The SMILES string of the molecule is CCn1c(-c2cnc(C)nc2)nc2c(-c3ccc4c(c3)[C@@](C)(CC(C)C)NC4=O)ncnc21. The second kappa shape index (κ2) is 7.72. The summed E-state index contributed by atoms with van der Waals surface area (Å²) in [7, 11) is 0. The molecule has 0 fully saturated rings. The van der Waals surface area contributed by atoms with Crippen LogP contribution in [0.4, 0.5) is 0 Å². The molecule has 0 unspecified atom stereocenters. The third-order valence-corrected chi connectivity index (χ3v) is 6.23. The quantitative estimate of drug-likeness (QED) is 0.496. The largest absolute Gasteiger partial charge is 0.343 e. The van der Waals surface area contributed by atoms with Gasteiger partial charge in [-0.3, -0.25) is 4.79 Å². The van der Waals surface area contributed by atoms with Crippen molar-refractivity contribution in [2.24, 2.45) is 5.92 Å². The Morgan fingerprint density at radius 3 is 2.55 bits per heavy atom. The van der Waals surface area contributed by atoms with Crippen molar-refractivity contribution in [1.29, 1.82) is 0 Å². The predicted octanol–water partition coefficient (Wildman–Crippen LogP) is 4.28. The van der Waals surface area contributed by atoms with E-state index < -0.39 is 5.54 Å². The van der Waals surface area contributed by atoms with Crippen LogP contribution in [0.5, 0.6) is 0 Å². The molecule has 0 spiro atoms. The molecular weight excluding hydrogens is 414 g/mol. The minimum atomic E-state index is -0.407. The first-order valence-corrected chi connectivity index (χ1v) is 11.3. The highest BCUT2D eigenvalue weighted by Crippen LogP contribution is 2.39. The lowest BCUT2D eigenvalue weighted by atomic mass is 9.84. The molecule has 0 bridgehead atoms. The topological polar surface area (TPSA) is 98.5 Å². The Kier molecular flexibility index (Phi) is 4.96. The van der Waals surface area contributed by atoms with Crippen molar-refractivity contribution < 1.29 is 4.79 Å². The fourth-order valence-electron chi connectivity index (χ4n) is 4.88. The molecular formula is C25H27N7O. The van der Waals surface area contributed by atoms with Crippen molar-refractivity contribution >= 4 is 17.1 Å². The molecule has 3 aromatic heterocycles. The molecule has 4 aromatic rings. The van der Waals surface area contributed by atoms with Crippen LogP contribution in [0.2, 0.25) is 0 Å². The zero-order valence-corrected chi connectivity index (χ0v) is 19.5. The summed E-state index contributed by atoms with van der Waals surface area (Å²) in [5.74, 6) is 1.89. The lowest BCUT2D eigenvalue weighted by Gasteiger charge is -2.28. The standard InChI is InChI=1S/C25H27N7O/c1-6-32-22(17-11-26-15(4)27-12-17)30-21-20(28-13-29-23(21)32)16-7-8-18-19(9-16)25(5,10-14(2)3)31-24(18)33/h7-9,11-14H,6,10H2,1-5H3,(H,31,33)/t25-/m1/s1. The number of rotatable bonds is 5. The van der Waals surface area contributed by atoms with Crippen molar-refractivity contribution in [2.75, 3.05) is 0 Å². The number of aromatic nitrogens is 6. The van der Waals surface area contributed by atoms with Gasteiger partial charge in [-0.25, -0.2) is 24.9 Å². The van der Waals surface area contributed by atoms with Gasteiger partial charge in [0.1, 0.15) is 29.2 Å². The fraction of sp³-hybridized carbons (Fsp3) is 0.360. The van der Waals surface area contributed by atoms with Crippen molar-refractivity contribution in [1.82, 2.24) is 34.8 Å². The van der Waals surface area contributed by atoms with Gasteiger partial charge < -0.3 is 9.88 Å². The van der Waals surface area contributed by atoms with Gasteiger partial charge in [-0.15, -0.1) is 0 Å². The van der Waals surface area contributed by atoms with E-state index >= 15 is 0 Å². The summed E-state index contributed by atoms with van der Waals surface area (Å²) < 4.78 is 2.05. The van der Waals surface area contributed by atoms with E-state index in [4.69, 9.17) is 4.98 Å². The van der Waals surface area contributed by atoms with E-state index in [2.05, 4.69) is 63.6 Å². The Hall–Kier alpha value is -3.68. The Bertz CT molecular complexity index is 1370. The van der Waals surface area contributed by atoms with Gasteiger partial charge in [0, 0.05) is 30.1 Å². The van der Waals surface area contributed by atoms with E-state index in [1.165, 1.54) is 0 Å². The van der Waals surface area contributed by atoms with Gasteiger partial charge in [-0.1, -0.05) is 19.9 Å². The first-order valence-electron chi connectivity index (χ1n) is 11.3. The number of nitrogens with zero attached hydrogens (tertiary/aromatic N) is 6. The molecule has 1 aliphatic heterocycles. The first kappa shape index (κ1) is 21.2. The van der Waals surface area contributed by atoms with Gasteiger partial charge >= 0.3 is 0 Å². The highest BCUT2D eigenvalue weighted by Gasteiger charge is 2.39. The fourth-order valence-corrected chi connectivity index (χ4v) is 4.88. The summed E-state index contributed by atoms with van der Waals surface area (Å²) in [5, 5.41) is 3.19. The van der Waals surface area contributed by atoms with Crippen LogP contribution in [-0.4, -0.2) is 35.4 Å². The average Bonchev–Trinajstić information content (AvgIpc) is 3.28. The lowest BCUT2D eigenvalue weighted by Crippen LogP contribution is -2.37. The van der Waals surface area contributed by atoms with Gasteiger partial charge in [-0.05, 0) is 50.8 Å². The summed E-state index contributed by atoms with van der Waals surface area (Å²) in [6, 6.07) is 5.92. The zero-order valence-electron chi connectivity index (χ0n) is 19.5. The maximum Gasteiger partial charge on any atom is 0.252 e. The van der Waals surface area contributed by atoms with Crippen molar-refractivity contribution in [3.8, 4) is 22.6 Å². The molecule has 8 nitrogen and oxygen atoms in total. The number of benzene rings is 1. The molecule has 0 saturated carbocycles. The maximum absolute atomic E-state index is 12.6. The number of fused-ring (bicyclic) bond motifs is 2. The first-order chi connectivity index (χ1) is 15.8. The molecule has 1 N–H and O–H groups in total. The zero-order chi connectivity index (χ0) is 23.3. The lowest BCUT2D eigenvalue weighted by molar-refractivity contribution is 0.0927. The molecule has 33 heavy (non-hydrogen) atoms. The molecule has 4 heterocycles. The van der Waals surface area contributed by atoms with Gasteiger partial charge in [-0.2, -0.15) is 0 Å². The minimum Gasteiger partial charge on any atom is -0.343 e. The van der Waals surface area contributed by atoms with E-state index in [9.17, 15) is 4.79 Å². The molecule has 1 aromatic carbocycles. The smallest absolute Gasteiger partial charge is 0.252 e. The van der Waals surface area contributed by atoms with Crippen LogP contribution in [0.25, 0.3) is 33.8 Å². The van der Waals surface area contributed by atoms with Crippen LogP contribution in [-0.2, 0) is 12.1 Å². The molecule has 1 amide bonds. The maximum atomic E-state index is 12.6. The highest BCUT2D eigenvalue weighted by atomic mass is 16.2. The number of carbonyl (C=O) groups is 1. The summed E-state index contributed by atoms with van der Waals surface area (Å²) in [6.45, 7) is 11.0. The Balaban J connectivity index is 1.68. The van der Waals surface area contributed by atoms with Crippen LogP contribution in [0.1, 0.15) is 55.9 Å². The van der Waals surface area contributed by atoms with E-state index in [1.54, 1.807) is 18.7 Å². The third-order valence-electron chi connectivity index (χ3n) is 6.23. The summed E-state index contributed by atoms with van der Waals surface area (Å²) in [5.41, 5.74) is 5.30. The number of hydrogen-bond acceptors (Lipinski definition) is 6. The summed E-state index contributed by atoms with van der Waals surface area (Å²) >= 11 is 0. The van der Waals surface area contributed by atoms with Crippen molar-refractivity contribution in [3.63, 3.8) is 0 Å². The number of aryl methyl sites for hydroxylation is 2. The molecule has 0 saturated heterocycles. The molecule has 1 aliphatic rings. The van der Waals surface area contributed by atoms with Gasteiger partial charge in [0.25, 0.3) is 5.91 Å². The predicted molar refractivity (Wildman–Crippen MR) is 126 cm³/mol. The molecule has 0 aliphatic carbocycles. The van der Waals surface area contributed by atoms with Crippen LogP contribution in [0.3, 0.4) is 0 Å². The van der Waals surface area contributed by atoms with E-state index in [0.29, 0.717) is 18.3 Å². The number of amides is 1. The molecule has 1 atom stereocenters.